The second kappa shape index (κ2) is 10.8. The molecule has 1 N–H and O–H groups in total. The van der Waals surface area contributed by atoms with Gasteiger partial charge in [-0.25, -0.2) is 0 Å². The number of hydrogen-bond acceptors (Lipinski definition) is 4. The third-order valence-corrected chi connectivity index (χ3v) is 4.65. The van der Waals surface area contributed by atoms with E-state index in [-0.39, 0.29) is 17.7 Å². The average molecular weight is 376 g/mol. The molecule has 0 saturated carbocycles. The third kappa shape index (κ3) is 5.88. The van der Waals surface area contributed by atoms with Crippen molar-refractivity contribution < 1.29 is 19.1 Å². The van der Waals surface area contributed by atoms with Crippen molar-refractivity contribution in [1.82, 2.24) is 10.2 Å². The van der Waals surface area contributed by atoms with Gasteiger partial charge in [0.05, 0.1) is 13.2 Å². The molecule has 1 aromatic rings. The zero-order valence-corrected chi connectivity index (χ0v) is 16.8. The Morgan fingerprint density at radius 1 is 1.07 bits per heavy atom. The third-order valence-electron chi connectivity index (χ3n) is 4.65. The van der Waals surface area contributed by atoms with Crippen LogP contribution < -0.4 is 14.8 Å². The van der Waals surface area contributed by atoms with Crippen LogP contribution in [-0.2, 0) is 4.79 Å². The molecule has 0 bridgehead atoms. The maximum atomic E-state index is 12.9. The van der Waals surface area contributed by atoms with Gasteiger partial charge in [-0.05, 0) is 50.8 Å². The first-order chi connectivity index (χ1) is 13.1. The summed E-state index contributed by atoms with van der Waals surface area (Å²) in [5.41, 5.74) is 0.594. The number of carbonyl (C=O) groups excluding carboxylic acids is 2. The van der Waals surface area contributed by atoms with Crippen LogP contribution >= 0.6 is 0 Å². The van der Waals surface area contributed by atoms with E-state index in [1.54, 1.807) is 18.2 Å². The van der Waals surface area contributed by atoms with Crippen LogP contribution in [0.2, 0.25) is 0 Å². The maximum absolute atomic E-state index is 12.9. The molecule has 6 nitrogen and oxygen atoms in total. The minimum absolute atomic E-state index is 0.00408. The standard InChI is InChI=1S/C21H32N2O4/c1-4-11-22-20(24)16-9-12-23(13-10-16)21(25)17-7-8-18(27-14-5-2)19(15-17)26-6-3/h7-8,15-16H,4-6,9-14H2,1-3H3,(H,22,24). The zero-order valence-electron chi connectivity index (χ0n) is 16.8. The summed E-state index contributed by atoms with van der Waals surface area (Å²) in [5.74, 6) is 1.36. The van der Waals surface area contributed by atoms with Crippen molar-refractivity contribution in [3.63, 3.8) is 0 Å². The van der Waals surface area contributed by atoms with E-state index in [0.29, 0.717) is 62.8 Å². The summed E-state index contributed by atoms with van der Waals surface area (Å²) < 4.78 is 11.3. The SMILES string of the molecule is CCCNC(=O)C1CCN(C(=O)c2ccc(OCCC)c(OCC)c2)CC1. The average Bonchev–Trinajstić information content (AvgIpc) is 2.70. The Kier molecular flexibility index (Phi) is 8.43. The van der Waals surface area contributed by atoms with E-state index in [9.17, 15) is 9.59 Å². The van der Waals surface area contributed by atoms with Gasteiger partial charge >= 0.3 is 0 Å². The topological polar surface area (TPSA) is 67.9 Å². The molecular formula is C21H32N2O4. The number of nitrogens with one attached hydrogen (secondary N) is 1. The fraction of sp³-hybridized carbons (Fsp3) is 0.619. The van der Waals surface area contributed by atoms with Crippen molar-refractivity contribution in [2.24, 2.45) is 5.92 Å². The number of piperidine rings is 1. The molecule has 1 fully saturated rings. The van der Waals surface area contributed by atoms with Gasteiger partial charge in [0.2, 0.25) is 5.91 Å². The number of carbonyl (C=O) groups is 2. The van der Waals surface area contributed by atoms with Crippen molar-refractivity contribution in [3.8, 4) is 11.5 Å². The van der Waals surface area contributed by atoms with E-state index >= 15 is 0 Å². The van der Waals surface area contributed by atoms with Gasteiger partial charge in [0.25, 0.3) is 5.91 Å². The highest BCUT2D eigenvalue weighted by Gasteiger charge is 2.28. The summed E-state index contributed by atoms with van der Waals surface area (Å²) in [5, 5.41) is 2.95. The summed E-state index contributed by atoms with van der Waals surface area (Å²) in [7, 11) is 0. The molecule has 1 aliphatic heterocycles. The van der Waals surface area contributed by atoms with Gasteiger partial charge in [0.1, 0.15) is 0 Å². The summed E-state index contributed by atoms with van der Waals surface area (Å²) in [6, 6.07) is 5.35. The highest BCUT2D eigenvalue weighted by Crippen LogP contribution is 2.30. The van der Waals surface area contributed by atoms with Crippen molar-refractivity contribution in [3.05, 3.63) is 23.8 Å². The second-order valence-corrected chi connectivity index (χ2v) is 6.80. The van der Waals surface area contributed by atoms with Gasteiger partial charge in [0.15, 0.2) is 11.5 Å². The molecule has 0 aromatic heterocycles. The fourth-order valence-corrected chi connectivity index (χ4v) is 3.16. The van der Waals surface area contributed by atoms with E-state index in [1.807, 2.05) is 25.7 Å². The fourth-order valence-electron chi connectivity index (χ4n) is 3.16. The Bertz CT molecular complexity index is 625. The van der Waals surface area contributed by atoms with Crippen molar-refractivity contribution >= 4 is 11.8 Å². The molecule has 27 heavy (non-hydrogen) atoms. The van der Waals surface area contributed by atoms with Gasteiger partial charge in [-0.2, -0.15) is 0 Å². The Balaban J connectivity index is 1.99. The highest BCUT2D eigenvalue weighted by atomic mass is 16.5. The monoisotopic (exact) mass is 376 g/mol. The molecule has 150 valence electrons. The molecule has 0 radical (unpaired) electrons. The van der Waals surface area contributed by atoms with Gasteiger partial charge in [0, 0.05) is 31.1 Å². The molecule has 0 unspecified atom stereocenters. The van der Waals surface area contributed by atoms with Crippen molar-refractivity contribution in [1.29, 1.82) is 0 Å². The Labute approximate surface area is 162 Å². The van der Waals surface area contributed by atoms with E-state index < -0.39 is 0 Å². The minimum atomic E-state index is -0.0228. The lowest BCUT2D eigenvalue weighted by molar-refractivity contribution is -0.126. The van der Waals surface area contributed by atoms with Gasteiger partial charge < -0.3 is 19.7 Å². The number of likely N-dealkylation sites (tertiary alicyclic amines) is 1. The van der Waals surface area contributed by atoms with E-state index in [0.717, 1.165) is 12.8 Å². The van der Waals surface area contributed by atoms with Gasteiger partial charge in [-0.1, -0.05) is 13.8 Å². The summed E-state index contributed by atoms with van der Waals surface area (Å²) >= 11 is 0. The molecule has 0 atom stereocenters. The number of nitrogens with zero attached hydrogens (tertiary/aromatic N) is 1. The van der Waals surface area contributed by atoms with Crippen LogP contribution in [0, 0.1) is 5.92 Å². The number of hydrogen-bond donors (Lipinski definition) is 1. The molecule has 1 heterocycles. The van der Waals surface area contributed by atoms with E-state index in [1.165, 1.54) is 0 Å². The van der Waals surface area contributed by atoms with Gasteiger partial charge in [-0.15, -0.1) is 0 Å². The lowest BCUT2D eigenvalue weighted by atomic mass is 9.95. The Morgan fingerprint density at radius 3 is 2.44 bits per heavy atom. The van der Waals surface area contributed by atoms with Crippen molar-refractivity contribution in [2.75, 3.05) is 32.8 Å². The largest absolute Gasteiger partial charge is 0.490 e. The van der Waals surface area contributed by atoms with Crippen LogP contribution in [0.25, 0.3) is 0 Å². The number of amides is 2. The first-order valence-electron chi connectivity index (χ1n) is 10.1. The number of rotatable bonds is 9. The Hall–Kier alpha value is -2.24. The molecule has 2 amide bonds. The van der Waals surface area contributed by atoms with Crippen molar-refractivity contribution in [2.45, 2.75) is 46.5 Å². The zero-order chi connectivity index (χ0) is 19.6. The molecule has 1 aromatic carbocycles. The molecule has 0 aliphatic carbocycles. The number of ether oxygens (including phenoxy) is 2. The quantitative estimate of drug-likeness (QED) is 0.718. The minimum Gasteiger partial charge on any atom is -0.490 e. The molecular weight excluding hydrogens is 344 g/mol. The molecule has 0 spiro atoms. The number of benzene rings is 1. The van der Waals surface area contributed by atoms with Crippen LogP contribution in [0.15, 0.2) is 18.2 Å². The first-order valence-corrected chi connectivity index (χ1v) is 10.1. The first kappa shape index (κ1) is 21.1. The summed E-state index contributed by atoms with van der Waals surface area (Å²) in [6.07, 6.45) is 3.25. The maximum Gasteiger partial charge on any atom is 0.253 e. The normalized spacial score (nSPS) is 14.7. The predicted molar refractivity (Wildman–Crippen MR) is 105 cm³/mol. The van der Waals surface area contributed by atoms with Crippen LogP contribution in [0.5, 0.6) is 11.5 Å². The Morgan fingerprint density at radius 2 is 1.81 bits per heavy atom. The van der Waals surface area contributed by atoms with Crippen LogP contribution in [0.3, 0.4) is 0 Å². The van der Waals surface area contributed by atoms with Crippen LogP contribution in [0.4, 0.5) is 0 Å². The molecule has 6 heteroatoms. The highest BCUT2D eigenvalue weighted by molar-refractivity contribution is 5.95. The van der Waals surface area contributed by atoms with Crippen LogP contribution in [-0.4, -0.2) is 49.6 Å². The molecule has 1 aliphatic rings. The predicted octanol–water partition coefficient (Wildman–Crippen LogP) is 3.25. The smallest absolute Gasteiger partial charge is 0.253 e. The van der Waals surface area contributed by atoms with E-state index in [2.05, 4.69) is 5.32 Å². The molecule has 1 saturated heterocycles. The lowest BCUT2D eigenvalue weighted by Crippen LogP contribution is -2.43. The van der Waals surface area contributed by atoms with Gasteiger partial charge in [-0.3, -0.25) is 9.59 Å². The summed E-state index contributed by atoms with van der Waals surface area (Å²) in [6.45, 7) is 9.03. The van der Waals surface area contributed by atoms with E-state index in [4.69, 9.17) is 9.47 Å². The van der Waals surface area contributed by atoms with Crippen LogP contribution in [0.1, 0.15) is 56.8 Å². The molecule has 2 rings (SSSR count). The lowest BCUT2D eigenvalue weighted by Gasteiger charge is -2.31. The summed E-state index contributed by atoms with van der Waals surface area (Å²) in [4.78, 5) is 26.8. The second-order valence-electron chi connectivity index (χ2n) is 6.80.